The molecule has 0 unspecified atom stereocenters. The van der Waals surface area contributed by atoms with Gasteiger partial charge in [0, 0.05) is 50.8 Å². The molecule has 0 bridgehead atoms. The molecular formula is C39H43N3O16. The second-order valence-corrected chi connectivity index (χ2v) is 13.6. The molecule has 3 aliphatic rings. The van der Waals surface area contributed by atoms with Crippen molar-refractivity contribution in [3.05, 3.63) is 63.4 Å². The summed E-state index contributed by atoms with van der Waals surface area (Å²) in [5, 5.41) is 3.46. The summed E-state index contributed by atoms with van der Waals surface area (Å²) in [4.78, 5) is 92.7. The highest BCUT2D eigenvalue weighted by molar-refractivity contribution is 5.88. The van der Waals surface area contributed by atoms with Crippen LogP contribution in [0.25, 0.3) is 22.3 Å². The van der Waals surface area contributed by atoms with Crippen molar-refractivity contribution in [3.63, 3.8) is 0 Å². The fourth-order valence-electron chi connectivity index (χ4n) is 7.15. The number of hydrogen-bond donors (Lipinski definition) is 1. The molecule has 2 aromatic heterocycles. The fourth-order valence-corrected chi connectivity index (χ4v) is 7.15. The van der Waals surface area contributed by atoms with E-state index in [1.807, 2.05) is 30.3 Å². The Kier molecular flexibility index (Phi) is 12.7. The van der Waals surface area contributed by atoms with Gasteiger partial charge >= 0.3 is 35.9 Å². The van der Waals surface area contributed by atoms with E-state index in [4.69, 9.17) is 47.6 Å². The quantitative estimate of drug-likeness (QED) is 0.109. The van der Waals surface area contributed by atoms with Crippen LogP contribution >= 0.6 is 0 Å². The van der Waals surface area contributed by atoms with Crippen LogP contribution in [0.4, 0.5) is 4.79 Å². The van der Waals surface area contributed by atoms with Crippen LogP contribution in [0.1, 0.15) is 57.7 Å². The smallest absolute Gasteiger partial charge is 0.408 e. The van der Waals surface area contributed by atoms with Gasteiger partial charge in [0.2, 0.25) is 5.60 Å². The number of nitrogens with zero attached hydrogens (tertiary/aromatic N) is 2. The molecule has 19 heteroatoms. The van der Waals surface area contributed by atoms with Crippen LogP contribution < -0.4 is 10.9 Å². The summed E-state index contributed by atoms with van der Waals surface area (Å²) < 4.78 is 51.2. The van der Waals surface area contributed by atoms with Gasteiger partial charge in [0.05, 0.1) is 48.8 Å². The van der Waals surface area contributed by atoms with E-state index in [0.29, 0.717) is 11.4 Å². The number of amides is 1. The van der Waals surface area contributed by atoms with E-state index in [0.717, 1.165) is 44.2 Å². The predicted octanol–water partition coefficient (Wildman–Crippen LogP) is 1.93. The van der Waals surface area contributed by atoms with E-state index < -0.39 is 78.9 Å². The monoisotopic (exact) mass is 809 g/mol. The highest BCUT2D eigenvalue weighted by atomic mass is 16.7. The first kappa shape index (κ1) is 41.7. The van der Waals surface area contributed by atoms with E-state index >= 15 is 0 Å². The van der Waals surface area contributed by atoms with Crippen molar-refractivity contribution in [1.29, 1.82) is 0 Å². The molecule has 58 heavy (non-hydrogen) atoms. The molecule has 0 radical (unpaired) electrons. The Labute approximate surface area is 331 Å². The minimum atomic E-state index is -1.91. The standard InChI is InChI=1S/C39H43N3O16/c1-6-39(27-16-29-31-25(15-24-9-7-8-10-28(24)41-31)17-42(29)35(47)26(27)18-53-37(39)48)58-38(49)40-11-12-50-13-14-51-36-34(56-23(5)46)33(55-22(4)45)32(54-21(3)44)30(57-36)19-52-20(2)43/h7-10,15-16,30,32-34,36H,6,11-14,17-19H2,1-5H3,(H,40,49)/t30-,32-,33+,34+,36-,39+/m1/s1. The number of aromatic nitrogens is 2. The number of para-hydroxylation sites is 1. The number of rotatable bonds is 14. The highest BCUT2D eigenvalue weighted by Crippen LogP contribution is 2.41. The van der Waals surface area contributed by atoms with Gasteiger partial charge in [-0.3, -0.25) is 24.0 Å². The van der Waals surface area contributed by atoms with Crippen molar-refractivity contribution in [2.45, 2.75) is 90.5 Å². The largest absolute Gasteiger partial charge is 0.463 e. The van der Waals surface area contributed by atoms with Crippen molar-refractivity contribution >= 4 is 46.8 Å². The Balaban J connectivity index is 1.07. The minimum Gasteiger partial charge on any atom is -0.463 e. The molecule has 6 rings (SSSR count). The van der Waals surface area contributed by atoms with Gasteiger partial charge in [-0.05, 0) is 24.6 Å². The van der Waals surface area contributed by atoms with E-state index in [9.17, 15) is 33.6 Å². The lowest BCUT2D eigenvalue weighted by Crippen LogP contribution is -2.63. The van der Waals surface area contributed by atoms with E-state index in [-0.39, 0.29) is 62.6 Å². The third kappa shape index (κ3) is 8.80. The second-order valence-electron chi connectivity index (χ2n) is 13.6. The molecule has 6 atom stereocenters. The van der Waals surface area contributed by atoms with Gasteiger partial charge in [-0.15, -0.1) is 0 Å². The van der Waals surface area contributed by atoms with Crippen molar-refractivity contribution in [1.82, 2.24) is 14.9 Å². The molecule has 310 valence electrons. The van der Waals surface area contributed by atoms with Crippen molar-refractivity contribution in [2.75, 3.05) is 33.0 Å². The van der Waals surface area contributed by atoms with Crippen LogP contribution in [0.3, 0.4) is 0 Å². The number of benzene rings is 1. The van der Waals surface area contributed by atoms with Gasteiger partial charge in [0.1, 0.15) is 19.3 Å². The number of alkyl carbamates (subject to hydrolysis) is 1. The number of ether oxygens (including phenoxy) is 9. The van der Waals surface area contributed by atoms with Gasteiger partial charge < -0.3 is 52.5 Å². The number of carbonyl (C=O) groups excluding carboxylic acids is 6. The zero-order chi connectivity index (χ0) is 41.7. The van der Waals surface area contributed by atoms with Crippen LogP contribution in [0, 0.1) is 0 Å². The zero-order valence-corrected chi connectivity index (χ0v) is 32.4. The average Bonchev–Trinajstić information content (AvgIpc) is 3.53. The number of carbonyl (C=O) groups is 6. The number of fused-ring (bicyclic) bond motifs is 5. The average molecular weight is 810 g/mol. The lowest BCUT2D eigenvalue weighted by atomic mass is 9.85. The molecule has 0 saturated carbocycles. The molecule has 1 N–H and O–H groups in total. The summed E-state index contributed by atoms with van der Waals surface area (Å²) >= 11 is 0. The molecule has 1 saturated heterocycles. The minimum absolute atomic E-state index is 0.0275. The zero-order valence-electron chi connectivity index (χ0n) is 32.4. The van der Waals surface area contributed by atoms with Gasteiger partial charge in [-0.25, -0.2) is 14.6 Å². The first-order chi connectivity index (χ1) is 27.7. The lowest BCUT2D eigenvalue weighted by molar-refractivity contribution is -0.309. The first-order valence-electron chi connectivity index (χ1n) is 18.5. The molecule has 19 nitrogen and oxygen atoms in total. The molecule has 5 heterocycles. The Bertz CT molecular complexity index is 2170. The fraction of sp³-hybridized carbons (Fsp3) is 0.487. The van der Waals surface area contributed by atoms with Crippen LogP contribution in [0.15, 0.2) is 41.2 Å². The summed E-state index contributed by atoms with van der Waals surface area (Å²) in [6.07, 6.45) is -7.69. The van der Waals surface area contributed by atoms with Crippen LogP contribution in [0.2, 0.25) is 0 Å². The van der Waals surface area contributed by atoms with Crippen LogP contribution in [-0.4, -0.2) is 109 Å². The lowest BCUT2D eigenvalue weighted by Gasteiger charge is -2.44. The number of hydrogen-bond acceptors (Lipinski definition) is 17. The van der Waals surface area contributed by atoms with Crippen LogP contribution in [-0.2, 0) is 85.4 Å². The van der Waals surface area contributed by atoms with Crippen molar-refractivity contribution in [3.8, 4) is 11.4 Å². The second kappa shape index (κ2) is 17.7. The number of cyclic esters (lactones) is 1. The highest BCUT2D eigenvalue weighted by Gasteiger charge is 2.53. The normalized spacial score (nSPS) is 23.1. The molecule has 3 aromatic rings. The predicted molar refractivity (Wildman–Crippen MR) is 196 cm³/mol. The Hall–Kier alpha value is -5.92. The number of nitrogens with one attached hydrogen (secondary N) is 1. The third-order valence-electron chi connectivity index (χ3n) is 9.63. The summed E-state index contributed by atoms with van der Waals surface area (Å²) in [5.41, 5.74) is 0.837. The Morgan fingerprint density at radius 3 is 2.31 bits per heavy atom. The molecule has 1 fully saturated rings. The first-order valence-corrected chi connectivity index (χ1v) is 18.5. The maximum atomic E-state index is 13.8. The van der Waals surface area contributed by atoms with E-state index in [2.05, 4.69) is 5.32 Å². The van der Waals surface area contributed by atoms with Crippen LogP contribution in [0.5, 0.6) is 0 Å². The van der Waals surface area contributed by atoms with Crippen molar-refractivity contribution < 1.29 is 71.4 Å². The SMILES string of the molecule is CC[C@@]1(OC(=O)NCCOCCO[C@@H]2O[C@H](COC(C)=O)[C@@H](OC(C)=O)[C@H](OC(C)=O)[C@@H]2OC(C)=O)C(=O)OCc2c1cc1n(c2=O)Cc2cc3ccccc3nc2-1. The topological polar surface area (TPSA) is 232 Å². The number of esters is 5. The molecule has 1 aromatic carbocycles. The summed E-state index contributed by atoms with van der Waals surface area (Å²) in [5.74, 6) is -3.82. The van der Waals surface area contributed by atoms with Crippen molar-refractivity contribution in [2.24, 2.45) is 0 Å². The number of pyridine rings is 2. The molecular weight excluding hydrogens is 766 g/mol. The summed E-state index contributed by atoms with van der Waals surface area (Å²) in [6.45, 7) is 5.34. The van der Waals surface area contributed by atoms with Gasteiger partial charge in [0.15, 0.2) is 24.6 Å². The third-order valence-corrected chi connectivity index (χ3v) is 9.63. The van der Waals surface area contributed by atoms with E-state index in [1.54, 1.807) is 17.6 Å². The Morgan fingerprint density at radius 2 is 1.60 bits per heavy atom. The maximum Gasteiger partial charge on any atom is 0.408 e. The summed E-state index contributed by atoms with van der Waals surface area (Å²) in [7, 11) is 0. The summed E-state index contributed by atoms with van der Waals surface area (Å²) in [6, 6.07) is 11.2. The Morgan fingerprint density at radius 1 is 0.897 bits per heavy atom. The van der Waals surface area contributed by atoms with Gasteiger partial charge in [-0.1, -0.05) is 25.1 Å². The van der Waals surface area contributed by atoms with Gasteiger partial charge in [0.25, 0.3) is 5.56 Å². The van der Waals surface area contributed by atoms with E-state index in [1.165, 1.54) is 0 Å². The maximum absolute atomic E-state index is 13.8. The molecule has 3 aliphatic heterocycles. The molecule has 0 aliphatic carbocycles. The van der Waals surface area contributed by atoms with Gasteiger partial charge in [-0.2, -0.15) is 0 Å². The molecule has 0 spiro atoms. The molecule has 1 amide bonds.